The first-order valence-corrected chi connectivity index (χ1v) is 19.4. The topological polar surface area (TPSA) is 58.8 Å². The lowest BCUT2D eigenvalue weighted by atomic mass is 9.65. The van der Waals surface area contributed by atoms with E-state index < -0.39 is 5.41 Å². The van der Waals surface area contributed by atoms with E-state index in [1.807, 2.05) is 54.6 Å². The van der Waals surface area contributed by atoms with Crippen molar-refractivity contribution in [1.82, 2.24) is 9.97 Å². The number of rotatable bonds is 5. The van der Waals surface area contributed by atoms with E-state index in [0.29, 0.717) is 11.4 Å². The van der Waals surface area contributed by atoms with Gasteiger partial charge in [-0.2, -0.15) is 5.26 Å². The molecule has 9 aromatic rings. The van der Waals surface area contributed by atoms with Crippen LogP contribution in [0.1, 0.15) is 27.8 Å². The molecule has 4 heteroatoms. The molecular weight excluding hydrogens is 707 g/mol. The van der Waals surface area contributed by atoms with Crippen LogP contribution < -0.4 is 4.74 Å². The van der Waals surface area contributed by atoms with E-state index in [1.54, 1.807) is 0 Å². The van der Waals surface area contributed by atoms with Gasteiger partial charge in [-0.3, -0.25) is 0 Å². The molecule has 58 heavy (non-hydrogen) atoms. The maximum absolute atomic E-state index is 9.74. The average molecular weight is 740 g/mol. The molecule has 8 aromatic carbocycles. The van der Waals surface area contributed by atoms with Crippen LogP contribution in [0.25, 0.3) is 67.3 Å². The van der Waals surface area contributed by atoms with Crippen molar-refractivity contribution < 1.29 is 4.74 Å². The molecule has 0 saturated carbocycles. The second-order valence-corrected chi connectivity index (χ2v) is 14.8. The van der Waals surface area contributed by atoms with Crippen molar-refractivity contribution in [2.45, 2.75) is 5.41 Å². The van der Waals surface area contributed by atoms with Crippen molar-refractivity contribution in [3.05, 3.63) is 228 Å². The minimum atomic E-state index is -0.658. The van der Waals surface area contributed by atoms with Crippen LogP contribution in [0, 0.1) is 11.3 Å². The number of hydrogen-bond acceptors (Lipinski definition) is 4. The summed E-state index contributed by atoms with van der Waals surface area (Å²) < 4.78 is 6.86. The first kappa shape index (κ1) is 33.5. The van der Waals surface area contributed by atoms with Crippen molar-refractivity contribution >= 4 is 0 Å². The fourth-order valence-corrected chi connectivity index (χ4v) is 8.96. The molecule has 0 amide bonds. The Kier molecular flexibility index (Phi) is 7.74. The van der Waals surface area contributed by atoms with Gasteiger partial charge in [0.15, 0.2) is 5.82 Å². The highest BCUT2D eigenvalue weighted by Crippen LogP contribution is 2.62. The van der Waals surface area contributed by atoms with Gasteiger partial charge in [-0.1, -0.05) is 152 Å². The molecule has 0 radical (unpaired) electrons. The molecule has 2 aliphatic rings. The lowest BCUT2D eigenvalue weighted by Crippen LogP contribution is -2.32. The molecule has 11 rings (SSSR count). The summed E-state index contributed by atoms with van der Waals surface area (Å²) in [4.78, 5) is 10.2. The number of aromatic nitrogens is 2. The number of fused-ring (bicyclic) bond motifs is 9. The Balaban J connectivity index is 1.10. The Labute approximate surface area is 337 Å². The third kappa shape index (κ3) is 5.29. The number of nitriles is 1. The summed E-state index contributed by atoms with van der Waals surface area (Å²) in [7, 11) is 0. The van der Waals surface area contributed by atoms with Gasteiger partial charge in [0.1, 0.15) is 11.5 Å². The molecule has 1 spiro atoms. The van der Waals surface area contributed by atoms with Gasteiger partial charge in [-0.25, -0.2) is 9.97 Å². The van der Waals surface area contributed by atoms with Crippen molar-refractivity contribution in [2.75, 3.05) is 0 Å². The van der Waals surface area contributed by atoms with E-state index in [1.165, 1.54) is 22.3 Å². The van der Waals surface area contributed by atoms with E-state index in [2.05, 4.69) is 152 Å². The highest BCUT2D eigenvalue weighted by atomic mass is 16.5. The van der Waals surface area contributed by atoms with Gasteiger partial charge in [-0.05, 0) is 93.0 Å². The van der Waals surface area contributed by atoms with Crippen LogP contribution in [0.15, 0.2) is 200 Å². The summed E-state index contributed by atoms with van der Waals surface area (Å²) in [6, 6.07) is 71.9. The molecule has 1 aliphatic heterocycles. The Morgan fingerprint density at radius 1 is 0.379 bits per heavy atom. The average Bonchev–Trinajstić information content (AvgIpc) is 3.60. The maximum Gasteiger partial charge on any atom is 0.160 e. The van der Waals surface area contributed by atoms with Crippen LogP contribution in [-0.2, 0) is 5.41 Å². The molecule has 0 atom stereocenters. The fourth-order valence-electron chi connectivity index (χ4n) is 8.96. The van der Waals surface area contributed by atoms with Gasteiger partial charge in [0.25, 0.3) is 0 Å². The summed E-state index contributed by atoms with van der Waals surface area (Å²) in [5.41, 5.74) is 15.9. The Morgan fingerprint density at radius 3 is 1.48 bits per heavy atom. The van der Waals surface area contributed by atoms with E-state index in [0.717, 1.165) is 73.0 Å². The second kappa shape index (κ2) is 13.4. The summed E-state index contributed by atoms with van der Waals surface area (Å²) in [5.74, 6) is 2.33. The SMILES string of the molecule is N#Cc1cccc(-c2ccc3c(c2)C2(c4cc(-c5cccc(-c6cc(-c7ccccc7)nc(-c7ccccc7)n6)c5)ccc4O3)c3ccccc3-c3ccccc32)c1. The molecule has 1 aromatic heterocycles. The van der Waals surface area contributed by atoms with Gasteiger partial charge >= 0.3 is 0 Å². The highest BCUT2D eigenvalue weighted by molar-refractivity contribution is 5.90. The third-order valence-corrected chi connectivity index (χ3v) is 11.6. The summed E-state index contributed by atoms with van der Waals surface area (Å²) in [5, 5.41) is 9.74. The largest absolute Gasteiger partial charge is 0.457 e. The molecule has 0 bridgehead atoms. The van der Waals surface area contributed by atoms with Crippen LogP contribution in [-0.4, -0.2) is 9.97 Å². The quantitative estimate of drug-likeness (QED) is 0.176. The number of benzene rings is 8. The van der Waals surface area contributed by atoms with Crippen LogP contribution in [0.3, 0.4) is 0 Å². The third-order valence-electron chi connectivity index (χ3n) is 11.6. The lowest BCUT2D eigenvalue weighted by Gasteiger charge is -2.40. The smallest absolute Gasteiger partial charge is 0.160 e. The van der Waals surface area contributed by atoms with Gasteiger partial charge in [-0.15, -0.1) is 0 Å². The van der Waals surface area contributed by atoms with E-state index in [-0.39, 0.29) is 0 Å². The van der Waals surface area contributed by atoms with Crippen molar-refractivity contribution in [1.29, 1.82) is 5.26 Å². The zero-order chi connectivity index (χ0) is 38.6. The second-order valence-electron chi connectivity index (χ2n) is 14.8. The minimum absolute atomic E-state index is 0.629. The zero-order valence-electron chi connectivity index (χ0n) is 31.3. The highest BCUT2D eigenvalue weighted by Gasteiger charge is 2.51. The Morgan fingerprint density at radius 2 is 0.862 bits per heavy atom. The first-order valence-electron chi connectivity index (χ1n) is 19.4. The molecular formula is C54H33N3O. The molecule has 0 saturated heterocycles. The predicted octanol–water partition coefficient (Wildman–Crippen LogP) is 13.2. The molecule has 2 heterocycles. The van der Waals surface area contributed by atoms with Crippen LogP contribution in [0.2, 0.25) is 0 Å². The van der Waals surface area contributed by atoms with Crippen molar-refractivity contribution in [3.8, 4) is 84.9 Å². The van der Waals surface area contributed by atoms with Crippen LogP contribution >= 0.6 is 0 Å². The van der Waals surface area contributed by atoms with Crippen molar-refractivity contribution in [2.24, 2.45) is 0 Å². The van der Waals surface area contributed by atoms with Gasteiger partial charge < -0.3 is 4.74 Å². The lowest BCUT2D eigenvalue weighted by molar-refractivity contribution is 0.436. The summed E-state index contributed by atoms with van der Waals surface area (Å²) >= 11 is 0. The number of ether oxygens (including phenoxy) is 1. The molecule has 1 aliphatic carbocycles. The predicted molar refractivity (Wildman–Crippen MR) is 231 cm³/mol. The Hall–Kier alpha value is -7.87. The maximum atomic E-state index is 9.74. The van der Waals surface area contributed by atoms with Crippen LogP contribution in [0.5, 0.6) is 11.5 Å². The minimum Gasteiger partial charge on any atom is -0.457 e. The number of hydrogen-bond donors (Lipinski definition) is 0. The summed E-state index contributed by atoms with van der Waals surface area (Å²) in [6.07, 6.45) is 0. The monoisotopic (exact) mass is 739 g/mol. The first-order chi connectivity index (χ1) is 28.7. The van der Waals surface area contributed by atoms with Gasteiger partial charge in [0.05, 0.1) is 28.4 Å². The molecule has 0 unspecified atom stereocenters. The van der Waals surface area contributed by atoms with Crippen molar-refractivity contribution in [3.63, 3.8) is 0 Å². The van der Waals surface area contributed by atoms with E-state index in [4.69, 9.17) is 14.7 Å². The molecule has 0 fully saturated rings. The number of nitrogens with zero attached hydrogens (tertiary/aromatic N) is 3. The van der Waals surface area contributed by atoms with Gasteiger partial charge in [0, 0.05) is 27.8 Å². The standard InChI is InChI=1S/C54H33N3O/c55-34-35-13-11-18-38(29-35)40-25-27-51-47(31-40)54(45-23-9-7-21-43(45)44-22-8-10-24-46(44)54)48-32-41(26-28-52(48)58-51)39-19-12-20-42(30-39)50-33-49(36-14-3-1-4-15-36)56-53(57-50)37-16-5-2-6-17-37/h1-33H. The van der Waals surface area contributed by atoms with E-state index >= 15 is 0 Å². The molecule has 0 N–H and O–H groups in total. The zero-order valence-corrected chi connectivity index (χ0v) is 31.3. The molecule has 4 nitrogen and oxygen atoms in total. The Bertz CT molecular complexity index is 3010. The van der Waals surface area contributed by atoms with Gasteiger partial charge in [0.2, 0.25) is 0 Å². The van der Waals surface area contributed by atoms with E-state index in [9.17, 15) is 5.26 Å². The summed E-state index contributed by atoms with van der Waals surface area (Å²) in [6.45, 7) is 0. The fraction of sp³-hybridized carbons (Fsp3) is 0.0185. The molecule has 270 valence electrons. The normalized spacial score (nSPS) is 12.7. The van der Waals surface area contributed by atoms with Crippen LogP contribution in [0.4, 0.5) is 0 Å².